The van der Waals surface area contributed by atoms with Crippen molar-refractivity contribution in [2.75, 3.05) is 4.72 Å². The van der Waals surface area contributed by atoms with Crippen molar-refractivity contribution in [2.45, 2.75) is 17.9 Å². The van der Waals surface area contributed by atoms with Gasteiger partial charge in [-0.25, -0.2) is 9.36 Å². The van der Waals surface area contributed by atoms with E-state index in [1.807, 2.05) is 0 Å². The number of nitrogens with zero attached hydrogens (tertiary/aromatic N) is 6. The Balaban J connectivity index is 2.13. The van der Waals surface area contributed by atoms with Crippen LogP contribution >= 0.6 is 0 Å². The van der Waals surface area contributed by atoms with Gasteiger partial charge in [-0.15, -0.1) is 10.2 Å². The number of hydrogen-bond acceptors (Lipinski definition) is 6. The fourth-order valence-corrected chi connectivity index (χ4v) is 2.69. The number of rotatable bonds is 4. The molecular weight excluding hydrogens is 489 g/mol. The molecule has 3 aromatic heterocycles. The Morgan fingerprint density at radius 2 is 1.28 bits per heavy atom. The van der Waals surface area contributed by atoms with Gasteiger partial charge in [-0.05, 0) is 12.1 Å². The summed E-state index contributed by atoms with van der Waals surface area (Å²) in [6.45, 7) is 0. The molecule has 0 aromatic carbocycles. The lowest BCUT2D eigenvalue weighted by atomic mass is 10.4. The van der Waals surface area contributed by atoms with Crippen LogP contribution in [-0.4, -0.2) is 43.7 Å². The smallest absolute Gasteiger partial charge is 0.272 e. The van der Waals surface area contributed by atoms with E-state index < -0.39 is 56.6 Å². The Kier molecular flexibility index (Phi) is 5.35. The molecule has 0 aliphatic rings. The van der Waals surface area contributed by atoms with Gasteiger partial charge in [-0.1, -0.05) is 0 Å². The Morgan fingerprint density at radius 3 is 1.75 bits per heavy atom. The second-order valence-corrected chi connectivity index (χ2v) is 7.45. The third kappa shape index (κ3) is 4.60. The molecule has 0 fully saturated rings. The maximum absolute atomic E-state index is 12.8. The highest BCUT2D eigenvalue weighted by Crippen LogP contribution is 2.31. The topological polar surface area (TPSA) is 108 Å². The van der Waals surface area contributed by atoms with Crippen molar-refractivity contribution in [3.05, 3.63) is 42.0 Å². The molecule has 3 rings (SSSR count). The van der Waals surface area contributed by atoms with Crippen molar-refractivity contribution in [2.24, 2.45) is 0 Å². The van der Waals surface area contributed by atoms with Crippen LogP contribution in [0.25, 0.3) is 11.6 Å². The van der Waals surface area contributed by atoms with Gasteiger partial charge in [0.2, 0.25) is 0 Å². The van der Waals surface area contributed by atoms with Crippen LogP contribution in [0.15, 0.2) is 30.6 Å². The number of hydrogen-bond donors (Lipinski definition) is 1. The third-order valence-electron chi connectivity index (χ3n) is 3.52. The van der Waals surface area contributed by atoms with Crippen LogP contribution in [0.2, 0.25) is 0 Å². The third-order valence-corrected chi connectivity index (χ3v) is 4.62. The van der Waals surface area contributed by atoms with Crippen LogP contribution in [0.3, 0.4) is 0 Å². The zero-order valence-corrected chi connectivity index (χ0v) is 15.5. The molecule has 0 aliphatic heterocycles. The van der Waals surface area contributed by atoms with Crippen molar-refractivity contribution in [3.8, 4) is 11.6 Å². The zero-order chi connectivity index (χ0) is 24.1. The van der Waals surface area contributed by atoms with E-state index in [1.165, 1.54) is 0 Å². The summed E-state index contributed by atoms with van der Waals surface area (Å²) in [5.74, 6) is -1.62. The molecule has 32 heavy (non-hydrogen) atoms. The summed E-state index contributed by atoms with van der Waals surface area (Å²) in [5.41, 5.74) is -9.84. The number of aromatic nitrogens is 6. The first kappa shape index (κ1) is 23.3. The first-order valence-corrected chi connectivity index (χ1v) is 9.20. The Morgan fingerprint density at radius 1 is 0.781 bits per heavy atom. The maximum atomic E-state index is 12.8. The number of halogens is 9. The van der Waals surface area contributed by atoms with Crippen molar-refractivity contribution >= 4 is 15.7 Å². The standard InChI is InChI=1S/C13H6F9N7O2S/c14-11(15,16)7-1-3-28(25-7)9-5-6(27-32(30,31)13(20,21)22)10(24-23-9)29-4-2-8(26-29)12(17,18)19/h1-5H,(H,23,27). The molecule has 9 nitrogen and oxygen atoms in total. The first-order chi connectivity index (χ1) is 14.5. The summed E-state index contributed by atoms with van der Waals surface area (Å²) >= 11 is 0. The Bertz CT molecular complexity index is 1240. The number of sulfonamides is 1. The fraction of sp³-hybridized carbons (Fsp3) is 0.231. The molecule has 0 atom stereocenters. The van der Waals surface area contributed by atoms with Gasteiger partial charge < -0.3 is 0 Å². The Labute approximate surface area is 170 Å². The maximum Gasteiger partial charge on any atom is 0.516 e. The van der Waals surface area contributed by atoms with Gasteiger partial charge in [0.15, 0.2) is 23.0 Å². The lowest BCUT2D eigenvalue weighted by Gasteiger charge is -2.14. The summed E-state index contributed by atoms with van der Waals surface area (Å²) in [6, 6.07) is 1.38. The van der Waals surface area contributed by atoms with E-state index in [4.69, 9.17) is 0 Å². The zero-order valence-electron chi connectivity index (χ0n) is 14.7. The molecule has 0 aliphatic carbocycles. The van der Waals surface area contributed by atoms with Crippen LogP contribution in [0.5, 0.6) is 0 Å². The summed E-state index contributed by atoms with van der Waals surface area (Å²) in [6.07, 6.45) is -8.53. The molecule has 19 heteroatoms. The fourth-order valence-electron chi connectivity index (χ4n) is 2.13. The van der Waals surface area contributed by atoms with Gasteiger partial charge in [0, 0.05) is 18.5 Å². The van der Waals surface area contributed by atoms with Gasteiger partial charge in [-0.2, -0.15) is 58.1 Å². The van der Waals surface area contributed by atoms with E-state index in [0.717, 1.165) is 4.72 Å². The van der Waals surface area contributed by atoms with E-state index in [9.17, 15) is 47.9 Å². The van der Waals surface area contributed by atoms with E-state index >= 15 is 0 Å². The normalized spacial score (nSPS) is 13.4. The minimum atomic E-state index is -6.11. The molecule has 0 spiro atoms. The molecule has 0 bridgehead atoms. The SMILES string of the molecule is O=S(=O)(Nc1cc(-n2ccc(C(F)(F)F)n2)nnc1-n1ccc(C(F)(F)F)n1)C(F)(F)F. The number of alkyl halides is 9. The highest BCUT2D eigenvalue weighted by atomic mass is 32.2. The molecule has 3 aromatic rings. The Hall–Kier alpha value is -3.38. The second-order valence-electron chi connectivity index (χ2n) is 5.78. The van der Waals surface area contributed by atoms with E-state index in [1.54, 1.807) is 0 Å². The minimum Gasteiger partial charge on any atom is -0.272 e. The highest BCUT2D eigenvalue weighted by Gasteiger charge is 2.46. The average molecular weight is 495 g/mol. The second kappa shape index (κ2) is 7.35. The molecule has 0 saturated heterocycles. The number of anilines is 1. The molecule has 3 heterocycles. The molecule has 0 unspecified atom stereocenters. The van der Waals surface area contributed by atoms with Crippen LogP contribution < -0.4 is 4.72 Å². The lowest BCUT2D eigenvalue weighted by Crippen LogP contribution is -2.30. The first-order valence-electron chi connectivity index (χ1n) is 7.72. The van der Waals surface area contributed by atoms with Crippen LogP contribution in [0.4, 0.5) is 45.2 Å². The van der Waals surface area contributed by atoms with Crippen molar-refractivity contribution in [3.63, 3.8) is 0 Å². The molecule has 0 radical (unpaired) electrons. The highest BCUT2D eigenvalue weighted by molar-refractivity contribution is 7.93. The van der Waals surface area contributed by atoms with Gasteiger partial charge in [0.25, 0.3) is 0 Å². The van der Waals surface area contributed by atoms with Crippen molar-refractivity contribution in [1.29, 1.82) is 0 Å². The predicted octanol–water partition coefficient (Wildman–Crippen LogP) is 3.15. The van der Waals surface area contributed by atoms with Gasteiger partial charge >= 0.3 is 27.9 Å². The van der Waals surface area contributed by atoms with Crippen molar-refractivity contribution < 1.29 is 47.9 Å². The van der Waals surface area contributed by atoms with Gasteiger partial charge in [0.05, 0.1) is 5.69 Å². The summed E-state index contributed by atoms with van der Waals surface area (Å²) in [5, 5.41) is 12.8. The quantitative estimate of drug-likeness (QED) is 0.558. The van der Waals surface area contributed by atoms with Crippen LogP contribution in [-0.2, 0) is 22.4 Å². The van der Waals surface area contributed by atoms with Crippen LogP contribution in [0.1, 0.15) is 11.4 Å². The molecular formula is C13H6F9N7O2S. The van der Waals surface area contributed by atoms with Crippen LogP contribution in [0, 0.1) is 0 Å². The van der Waals surface area contributed by atoms with E-state index in [-0.39, 0.29) is 4.68 Å². The summed E-state index contributed by atoms with van der Waals surface area (Å²) in [4.78, 5) is 0. The predicted molar refractivity (Wildman–Crippen MR) is 84.9 cm³/mol. The minimum absolute atomic E-state index is 0.276. The van der Waals surface area contributed by atoms with E-state index in [0.29, 0.717) is 35.3 Å². The van der Waals surface area contributed by atoms with E-state index in [2.05, 4.69) is 20.4 Å². The molecule has 0 saturated carbocycles. The van der Waals surface area contributed by atoms with Crippen molar-refractivity contribution in [1.82, 2.24) is 29.8 Å². The number of nitrogens with one attached hydrogen (secondary N) is 1. The summed E-state index contributed by atoms with van der Waals surface area (Å²) in [7, 11) is -6.11. The average Bonchev–Trinajstić information content (AvgIpc) is 3.29. The monoisotopic (exact) mass is 495 g/mol. The molecule has 174 valence electrons. The van der Waals surface area contributed by atoms with Gasteiger partial charge in [0.1, 0.15) is 0 Å². The summed E-state index contributed by atoms with van der Waals surface area (Å²) < 4.78 is 139. The largest absolute Gasteiger partial charge is 0.516 e. The lowest BCUT2D eigenvalue weighted by molar-refractivity contribution is -0.142. The molecule has 1 N–H and O–H groups in total. The molecule has 0 amide bonds. The van der Waals surface area contributed by atoms with Gasteiger partial charge in [-0.3, -0.25) is 4.72 Å².